The second-order valence-electron chi connectivity index (χ2n) is 8.13. The van der Waals surface area contributed by atoms with Gasteiger partial charge in [-0.1, -0.05) is 13.8 Å². The lowest BCUT2D eigenvalue weighted by molar-refractivity contribution is -0.117. The number of benzene rings is 2. The summed E-state index contributed by atoms with van der Waals surface area (Å²) in [5.74, 6) is 0.637. The predicted molar refractivity (Wildman–Crippen MR) is 125 cm³/mol. The van der Waals surface area contributed by atoms with Gasteiger partial charge in [-0.15, -0.1) is 0 Å². The summed E-state index contributed by atoms with van der Waals surface area (Å²) in [6.07, 6.45) is 0.861. The van der Waals surface area contributed by atoms with Gasteiger partial charge in [-0.2, -0.15) is 0 Å². The Kier molecular flexibility index (Phi) is 7.30. The van der Waals surface area contributed by atoms with Gasteiger partial charge in [-0.3, -0.25) is 9.59 Å². The molecule has 0 aliphatic carbocycles. The maximum Gasteiger partial charge on any atom is 0.339 e. The number of carbonyl (C=O) groups excluding carboxylic acids is 2. The standard InChI is InChI=1S/C25H28N2O5/c1-15(2)13-24(29)27-18-7-5-17(6-8-18)26-23(28)12-11-21-16(3)20-10-9-19(31-4)14-22(20)32-25(21)30/h5-10,14-15H,11-13H2,1-4H3,(H,26,28)(H,27,29). The molecule has 0 fully saturated rings. The Balaban J connectivity index is 1.62. The van der Waals surface area contributed by atoms with Gasteiger partial charge in [0.25, 0.3) is 0 Å². The Morgan fingerprint density at radius 3 is 2.22 bits per heavy atom. The molecule has 0 atom stereocenters. The Morgan fingerprint density at radius 1 is 1.00 bits per heavy atom. The van der Waals surface area contributed by atoms with Gasteiger partial charge in [0.05, 0.1) is 7.11 Å². The summed E-state index contributed by atoms with van der Waals surface area (Å²) in [4.78, 5) is 36.7. The number of amides is 2. The van der Waals surface area contributed by atoms with Crippen LogP contribution in [0.3, 0.4) is 0 Å². The van der Waals surface area contributed by atoms with E-state index in [9.17, 15) is 14.4 Å². The van der Waals surface area contributed by atoms with Gasteiger partial charge in [0.1, 0.15) is 11.3 Å². The smallest absolute Gasteiger partial charge is 0.339 e. The number of hydrogen-bond acceptors (Lipinski definition) is 5. The zero-order valence-corrected chi connectivity index (χ0v) is 18.8. The lowest BCUT2D eigenvalue weighted by Gasteiger charge is -2.10. The van der Waals surface area contributed by atoms with E-state index >= 15 is 0 Å². The Hall–Kier alpha value is -3.61. The average Bonchev–Trinajstić information content (AvgIpc) is 2.74. The van der Waals surface area contributed by atoms with E-state index in [1.807, 2.05) is 26.8 Å². The highest BCUT2D eigenvalue weighted by atomic mass is 16.5. The molecule has 0 aliphatic rings. The summed E-state index contributed by atoms with van der Waals surface area (Å²) in [5.41, 5.74) is 2.59. The first kappa shape index (κ1) is 23.1. The van der Waals surface area contributed by atoms with Gasteiger partial charge in [-0.05, 0) is 61.2 Å². The van der Waals surface area contributed by atoms with E-state index in [1.165, 1.54) is 0 Å². The van der Waals surface area contributed by atoms with Crippen LogP contribution >= 0.6 is 0 Å². The highest BCUT2D eigenvalue weighted by Gasteiger charge is 2.14. The summed E-state index contributed by atoms with van der Waals surface area (Å²) in [7, 11) is 1.55. The van der Waals surface area contributed by atoms with E-state index in [-0.39, 0.29) is 30.6 Å². The number of rotatable bonds is 8. The normalized spacial score (nSPS) is 10.9. The lowest BCUT2D eigenvalue weighted by atomic mass is 10.0. The molecule has 7 nitrogen and oxygen atoms in total. The topological polar surface area (TPSA) is 97.6 Å². The van der Waals surface area contributed by atoms with Crippen molar-refractivity contribution in [3.8, 4) is 5.75 Å². The Labute approximate surface area is 186 Å². The Bertz CT molecular complexity index is 1180. The number of aryl methyl sites for hydroxylation is 1. The SMILES string of the molecule is COc1ccc2c(C)c(CCC(=O)Nc3ccc(NC(=O)CC(C)C)cc3)c(=O)oc2c1. The van der Waals surface area contributed by atoms with Crippen molar-refractivity contribution in [2.24, 2.45) is 5.92 Å². The highest BCUT2D eigenvalue weighted by Crippen LogP contribution is 2.24. The summed E-state index contributed by atoms with van der Waals surface area (Å²) < 4.78 is 10.6. The third-order valence-corrected chi connectivity index (χ3v) is 5.14. The van der Waals surface area contributed by atoms with Crippen LogP contribution in [0, 0.1) is 12.8 Å². The number of nitrogens with one attached hydrogen (secondary N) is 2. The first-order chi connectivity index (χ1) is 15.3. The number of hydrogen-bond donors (Lipinski definition) is 2. The Morgan fingerprint density at radius 2 is 1.62 bits per heavy atom. The summed E-state index contributed by atoms with van der Waals surface area (Å²) in [5, 5.41) is 6.46. The van der Waals surface area contributed by atoms with Crippen LogP contribution in [0.2, 0.25) is 0 Å². The minimum Gasteiger partial charge on any atom is -0.497 e. The molecule has 168 valence electrons. The molecule has 1 heterocycles. The van der Waals surface area contributed by atoms with Crippen LogP contribution in [0.4, 0.5) is 11.4 Å². The molecular formula is C25H28N2O5. The van der Waals surface area contributed by atoms with Crippen molar-refractivity contribution in [3.05, 3.63) is 64.0 Å². The van der Waals surface area contributed by atoms with Crippen molar-refractivity contribution in [2.75, 3.05) is 17.7 Å². The minimum absolute atomic E-state index is 0.0418. The van der Waals surface area contributed by atoms with E-state index in [0.29, 0.717) is 34.7 Å². The van der Waals surface area contributed by atoms with E-state index < -0.39 is 5.63 Å². The molecule has 7 heteroatoms. The maximum absolute atomic E-state index is 12.4. The van der Waals surface area contributed by atoms with Crippen molar-refractivity contribution in [3.63, 3.8) is 0 Å². The summed E-state index contributed by atoms with van der Waals surface area (Å²) in [6, 6.07) is 12.3. The van der Waals surface area contributed by atoms with Gasteiger partial charge < -0.3 is 19.8 Å². The molecule has 2 aromatic carbocycles. The molecule has 0 bridgehead atoms. The molecule has 0 aliphatic heterocycles. The molecular weight excluding hydrogens is 408 g/mol. The lowest BCUT2D eigenvalue weighted by Crippen LogP contribution is -2.17. The second-order valence-corrected chi connectivity index (χ2v) is 8.13. The summed E-state index contributed by atoms with van der Waals surface area (Å²) >= 11 is 0. The number of methoxy groups -OCH3 is 1. The van der Waals surface area contributed by atoms with Crippen molar-refractivity contribution >= 4 is 34.2 Å². The molecule has 0 radical (unpaired) electrons. The fourth-order valence-electron chi connectivity index (χ4n) is 3.47. The monoisotopic (exact) mass is 436 g/mol. The largest absolute Gasteiger partial charge is 0.497 e. The highest BCUT2D eigenvalue weighted by molar-refractivity contribution is 5.93. The zero-order valence-electron chi connectivity index (χ0n) is 18.8. The first-order valence-corrected chi connectivity index (χ1v) is 10.6. The van der Waals surface area contributed by atoms with E-state index in [0.717, 1.165) is 10.9 Å². The van der Waals surface area contributed by atoms with Crippen LogP contribution in [0.1, 0.15) is 37.8 Å². The average molecular weight is 437 g/mol. The third kappa shape index (κ3) is 5.75. The number of carbonyl (C=O) groups is 2. The maximum atomic E-state index is 12.4. The van der Waals surface area contributed by atoms with Crippen molar-refractivity contribution < 1.29 is 18.7 Å². The van der Waals surface area contributed by atoms with Crippen LogP contribution in [0.25, 0.3) is 11.0 Å². The first-order valence-electron chi connectivity index (χ1n) is 10.6. The number of anilines is 2. The van der Waals surface area contributed by atoms with Crippen LogP contribution in [-0.2, 0) is 16.0 Å². The fraction of sp³-hybridized carbons (Fsp3) is 0.320. The molecule has 0 saturated heterocycles. The molecule has 0 saturated carbocycles. The van der Waals surface area contributed by atoms with Gasteiger partial charge >= 0.3 is 5.63 Å². The van der Waals surface area contributed by atoms with E-state index in [1.54, 1.807) is 43.5 Å². The van der Waals surface area contributed by atoms with Gasteiger partial charge in [-0.25, -0.2) is 4.79 Å². The number of ether oxygens (including phenoxy) is 1. The van der Waals surface area contributed by atoms with E-state index in [2.05, 4.69) is 10.6 Å². The molecule has 3 aromatic rings. The molecule has 1 aromatic heterocycles. The van der Waals surface area contributed by atoms with Crippen LogP contribution in [0.5, 0.6) is 5.75 Å². The predicted octanol–water partition coefficient (Wildman–Crippen LogP) is 4.67. The van der Waals surface area contributed by atoms with Crippen molar-refractivity contribution in [1.82, 2.24) is 0 Å². The minimum atomic E-state index is -0.447. The second kappa shape index (κ2) is 10.1. The van der Waals surface area contributed by atoms with Gasteiger partial charge in [0.15, 0.2) is 0 Å². The molecule has 2 amide bonds. The fourth-order valence-corrected chi connectivity index (χ4v) is 3.47. The van der Waals surface area contributed by atoms with Crippen molar-refractivity contribution in [1.29, 1.82) is 0 Å². The molecule has 32 heavy (non-hydrogen) atoms. The van der Waals surface area contributed by atoms with Gasteiger partial charge in [0, 0.05) is 41.2 Å². The number of fused-ring (bicyclic) bond motifs is 1. The van der Waals surface area contributed by atoms with Crippen LogP contribution in [0.15, 0.2) is 51.7 Å². The summed E-state index contributed by atoms with van der Waals surface area (Å²) in [6.45, 7) is 5.82. The van der Waals surface area contributed by atoms with Gasteiger partial charge in [0.2, 0.25) is 11.8 Å². The third-order valence-electron chi connectivity index (χ3n) is 5.14. The quantitative estimate of drug-likeness (QED) is 0.500. The molecule has 2 N–H and O–H groups in total. The molecule has 0 spiro atoms. The zero-order chi connectivity index (χ0) is 23.3. The van der Waals surface area contributed by atoms with Crippen molar-refractivity contribution in [2.45, 2.75) is 40.0 Å². The van der Waals surface area contributed by atoms with Crippen LogP contribution in [-0.4, -0.2) is 18.9 Å². The molecule has 3 rings (SSSR count). The molecule has 0 unspecified atom stereocenters. The van der Waals surface area contributed by atoms with Crippen LogP contribution < -0.4 is 21.0 Å². The van der Waals surface area contributed by atoms with E-state index in [4.69, 9.17) is 9.15 Å².